The van der Waals surface area contributed by atoms with Gasteiger partial charge in [-0.05, 0) is 36.2 Å². The summed E-state index contributed by atoms with van der Waals surface area (Å²) in [6.07, 6.45) is 5.46. The molecule has 0 saturated heterocycles. The van der Waals surface area contributed by atoms with Crippen LogP contribution in [-0.2, 0) is 10.8 Å². The van der Waals surface area contributed by atoms with Gasteiger partial charge in [0, 0.05) is 10.8 Å². The molecular formula is C18H18Li2O3. The van der Waals surface area contributed by atoms with Gasteiger partial charge in [-0.2, -0.15) is 12.1 Å². The molecule has 0 saturated carbocycles. The molecule has 0 N–H and O–H groups in total. The molecule has 0 fully saturated rings. The van der Waals surface area contributed by atoms with Gasteiger partial charge in [-0.3, -0.25) is 0 Å². The first kappa shape index (κ1) is 20.1. The molecule has 0 radical (unpaired) electrons. The first-order valence-corrected chi connectivity index (χ1v) is 6.96. The molecule has 110 valence electrons. The van der Waals surface area contributed by atoms with E-state index >= 15 is 0 Å². The fourth-order valence-corrected chi connectivity index (χ4v) is 2.41. The molecule has 0 bridgehead atoms. The Hall–Kier alpha value is -0.965. The van der Waals surface area contributed by atoms with E-state index in [2.05, 4.69) is 40.2 Å². The smallest absolute Gasteiger partial charge is 0.595 e. The fraction of sp³-hybridized carbons (Fsp3) is 0.333. The Kier molecular flexibility index (Phi) is 6.36. The Morgan fingerprint density at radius 2 is 1.04 bits per heavy atom. The van der Waals surface area contributed by atoms with Crippen LogP contribution in [0.1, 0.15) is 50.7 Å². The number of furan rings is 3. The first-order valence-electron chi connectivity index (χ1n) is 6.96. The molecule has 0 aromatic carbocycles. The third kappa shape index (κ3) is 3.60. The van der Waals surface area contributed by atoms with Gasteiger partial charge in [0.15, 0.2) is 0 Å². The average Bonchev–Trinajstić information content (AvgIpc) is 3.19. The molecule has 0 spiro atoms. The van der Waals surface area contributed by atoms with Crippen molar-refractivity contribution in [3.63, 3.8) is 0 Å². The van der Waals surface area contributed by atoms with Crippen molar-refractivity contribution in [2.45, 2.75) is 38.5 Å². The number of hydrogen-bond acceptors (Lipinski definition) is 3. The maximum absolute atomic E-state index is 6.11. The Morgan fingerprint density at radius 1 is 0.652 bits per heavy atom. The van der Waals surface area contributed by atoms with Crippen molar-refractivity contribution in [3.8, 4) is 0 Å². The summed E-state index contributed by atoms with van der Waals surface area (Å²) >= 11 is 0. The number of hydrogen-bond donors (Lipinski definition) is 0. The second kappa shape index (κ2) is 7.29. The minimum absolute atomic E-state index is 0. The summed E-state index contributed by atoms with van der Waals surface area (Å²) in [4.78, 5) is 0. The summed E-state index contributed by atoms with van der Waals surface area (Å²) < 4.78 is 16.9. The second-order valence-electron chi connectivity index (χ2n) is 6.25. The van der Waals surface area contributed by atoms with E-state index in [0.29, 0.717) is 0 Å². The zero-order chi connectivity index (χ0) is 15.1. The summed E-state index contributed by atoms with van der Waals surface area (Å²) in [5.74, 6) is 3.36. The maximum Gasteiger partial charge on any atom is 1.00 e. The van der Waals surface area contributed by atoms with Crippen LogP contribution < -0.4 is 37.7 Å². The van der Waals surface area contributed by atoms with Crippen LogP contribution in [0.4, 0.5) is 0 Å². The molecule has 0 aliphatic carbocycles. The van der Waals surface area contributed by atoms with E-state index in [4.69, 9.17) is 13.3 Å². The van der Waals surface area contributed by atoms with Crippen LogP contribution in [0, 0.1) is 12.5 Å². The minimum Gasteiger partial charge on any atom is -0.595 e. The van der Waals surface area contributed by atoms with Crippen molar-refractivity contribution in [3.05, 3.63) is 72.0 Å². The van der Waals surface area contributed by atoms with Crippen LogP contribution >= 0.6 is 0 Å². The van der Waals surface area contributed by atoms with E-state index in [1.807, 2.05) is 24.3 Å². The summed E-state index contributed by atoms with van der Waals surface area (Å²) in [6, 6.07) is 11.3. The molecule has 5 heteroatoms. The third-order valence-corrected chi connectivity index (χ3v) is 4.01. The van der Waals surface area contributed by atoms with E-state index in [1.165, 1.54) is 0 Å². The molecule has 0 aliphatic rings. The normalized spacial score (nSPS) is 11.7. The van der Waals surface area contributed by atoms with Crippen LogP contribution in [0.15, 0.2) is 49.6 Å². The molecule has 0 amide bonds. The van der Waals surface area contributed by atoms with Gasteiger partial charge in [-0.1, -0.05) is 27.7 Å². The molecule has 0 unspecified atom stereocenters. The SMILES string of the molecule is CC(C)(c1cc[c-]o1)c1ccc(C(C)(C)c2cc[c-]o2)o1.[Li+].[Li+]. The molecule has 0 aliphatic heterocycles. The van der Waals surface area contributed by atoms with Gasteiger partial charge < -0.3 is 13.3 Å². The standard InChI is InChI=1S/C18H18O3.2Li/c1-17(2,13-7-5-11-19-13)15-9-10-16(21-15)18(3,4)14-8-6-12-20-14;;/h5-10H,1-4H3;;/q-2;2*+1. The molecule has 3 aromatic heterocycles. The first-order chi connectivity index (χ1) is 9.92. The molecule has 23 heavy (non-hydrogen) atoms. The van der Waals surface area contributed by atoms with Gasteiger partial charge in [0.2, 0.25) is 0 Å². The monoisotopic (exact) mass is 296 g/mol. The van der Waals surface area contributed by atoms with Gasteiger partial charge in [-0.25, -0.2) is 0 Å². The van der Waals surface area contributed by atoms with E-state index in [1.54, 1.807) is 12.1 Å². The van der Waals surface area contributed by atoms with Crippen molar-refractivity contribution in [1.82, 2.24) is 0 Å². The van der Waals surface area contributed by atoms with Crippen LogP contribution in [0.25, 0.3) is 0 Å². The van der Waals surface area contributed by atoms with Gasteiger partial charge >= 0.3 is 37.7 Å². The van der Waals surface area contributed by atoms with Crippen LogP contribution in [0.2, 0.25) is 0 Å². The summed E-state index contributed by atoms with van der Waals surface area (Å²) in [6.45, 7) is 8.26. The van der Waals surface area contributed by atoms with E-state index in [0.717, 1.165) is 23.0 Å². The predicted octanol–water partition coefficient (Wildman–Crippen LogP) is -1.27. The quantitative estimate of drug-likeness (QED) is 0.445. The average molecular weight is 296 g/mol. The van der Waals surface area contributed by atoms with Crippen molar-refractivity contribution in [2.24, 2.45) is 0 Å². The molecule has 0 atom stereocenters. The molecule has 3 aromatic rings. The largest absolute Gasteiger partial charge is 1.00 e. The zero-order valence-corrected chi connectivity index (χ0v) is 14.7. The predicted molar refractivity (Wildman–Crippen MR) is 78.1 cm³/mol. The zero-order valence-electron chi connectivity index (χ0n) is 14.7. The van der Waals surface area contributed by atoms with Crippen LogP contribution in [-0.4, -0.2) is 0 Å². The summed E-state index contributed by atoms with van der Waals surface area (Å²) in [7, 11) is 0. The van der Waals surface area contributed by atoms with E-state index < -0.39 is 0 Å². The van der Waals surface area contributed by atoms with Crippen molar-refractivity contribution < 1.29 is 51.0 Å². The molecular weight excluding hydrogens is 278 g/mol. The third-order valence-electron chi connectivity index (χ3n) is 4.01. The van der Waals surface area contributed by atoms with Crippen LogP contribution in [0.5, 0.6) is 0 Å². The Bertz CT molecular complexity index is 647. The topological polar surface area (TPSA) is 39.4 Å². The van der Waals surface area contributed by atoms with Crippen LogP contribution in [0.3, 0.4) is 0 Å². The Labute approximate surface area is 161 Å². The minimum atomic E-state index is -0.344. The summed E-state index contributed by atoms with van der Waals surface area (Å²) in [5.41, 5.74) is -0.687. The van der Waals surface area contributed by atoms with Gasteiger partial charge in [0.05, 0.1) is 0 Å². The fourth-order valence-electron chi connectivity index (χ4n) is 2.41. The van der Waals surface area contributed by atoms with Crippen molar-refractivity contribution in [1.29, 1.82) is 0 Å². The van der Waals surface area contributed by atoms with Crippen molar-refractivity contribution in [2.75, 3.05) is 0 Å². The van der Waals surface area contributed by atoms with Gasteiger partial charge in [0.1, 0.15) is 11.5 Å². The van der Waals surface area contributed by atoms with E-state index in [9.17, 15) is 0 Å². The second-order valence-corrected chi connectivity index (χ2v) is 6.25. The Balaban J connectivity index is 0.00000132. The molecule has 3 rings (SSSR count). The Morgan fingerprint density at radius 3 is 1.35 bits per heavy atom. The molecule has 3 nitrogen and oxygen atoms in total. The summed E-state index contributed by atoms with van der Waals surface area (Å²) in [5, 5.41) is 0. The van der Waals surface area contributed by atoms with Gasteiger partial charge in [-0.15, -0.1) is 12.1 Å². The van der Waals surface area contributed by atoms with Crippen molar-refractivity contribution >= 4 is 0 Å². The van der Waals surface area contributed by atoms with E-state index in [-0.39, 0.29) is 48.6 Å². The molecule has 3 heterocycles. The maximum atomic E-state index is 6.11. The number of rotatable bonds is 4. The van der Waals surface area contributed by atoms with Gasteiger partial charge in [0.25, 0.3) is 0 Å².